The van der Waals surface area contributed by atoms with Gasteiger partial charge in [0.15, 0.2) is 0 Å². The zero-order valence-corrected chi connectivity index (χ0v) is 12.5. The highest BCUT2D eigenvalue weighted by Gasteiger charge is 2.02. The molecule has 0 aromatic heterocycles. The molecule has 0 aliphatic rings. The molecule has 2 rings (SSSR count). The standard InChI is InChI=1S/C15H15Cl2NO2/c1-10-8-12(3-4-13(10)17)19-6-7-20-15-5-2-11(16)9-14(15)18/h2-5,8-9H,6-7,18H2,1H3. The van der Waals surface area contributed by atoms with E-state index in [-0.39, 0.29) is 0 Å². The Morgan fingerprint density at radius 1 is 1.00 bits per heavy atom. The van der Waals surface area contributed by atoms with Gasteiger partial charge < -0.3 is 15.2 Å². The summed E-state index contributed by atoms with van der Waals surface area (Å²) in [6.07, 6.45) is 0. The first-order chi connectivity index (χ1) is 9.56. The summed E-state index contributed by atoms with van der Waals surface area (Å²) in [7, 11) is 0. The molecule has 3 nitrogen and oxygen atoms in total. The molecule has 2 aromatic rings. The van der Waals surface area contributed by atoms with Gasteiger partial charge in [-0.2, -0.15) is 0 Å². The third-order valence-corrected chi connectivity index (χ3v) is 3.37. The molecule has 0 aliphatic heterocycles. The van der Waals surface area contributed by atoms with Crippen molar-refractivity contribution >= 4 is 28.9 Å². The van der Waals surface area contributed by atoms with Crippen LogP contribution in [0, 0.1) is 6.92 Å². The minimum absolute atomic E-state index is 0.396. The van der Waals surface area contributed by atoms with E-state index >= 15 is 0 Å². The Labute approximate surface area is 128 Å². The first-order valence-electron chi connectivity index (χ1n) is 6.13. The van der Waals surface area contributed by atoms with E-state index in [1.807, 2.05) is 25.1 Å². The molecule has 2 N–H and O–H groups in total. The third-order valence-electron chi connectivity index (χ3n) is 2.71. The van der Waals surface area contributed by atoms with Gasteiger partial charge in [-0.1, -0.05) is 23.2 Å². The van der Waals surface area contributed by atoms with Crippen LogP contribution in [-0.4, -0.2) is 13.2 Å². The topological polar surface area (TPSA) is 44.5 Å². The van der Waals surface area contributed by atoms with E-state index in [9.17, 15) is 0 Å². The summed E-state index contributed by atoms with van der Waals surface area (Å²) in [4.78, 5) is 0. The smallest absolute Gasteiger partial charge is 0.142 e. The highest BCUT2D eigenvalue weighted by atomic mass is 35.5. The van der Waals surface area contributed by atoms with Crippen molar-refractivity contribution in [2.24, 2.45) is 0 Å². The molecule has 0 spiro atoms. The van der Waals surface area contributed by atoms with Crippen LogP contribution in [0.2, 0.25) is 10.0 Å². The van der Waals surface area contributed by atoms with E-state index < -0.39 is 0 Å². The van der Waals surface area contributed by atoms with E-state index in [0.717, 1.165) is 16.3 Å². The molecule has 0 saturated carbocycles. The second-order valence-corrected chi connectivity index (χ2v) is 5.13. The van der Waals surface area contributed by atoms with Crippen LogP contribution < -0.4 is 15.2 Å². The van der Waals surface area contributed by atoms with Crippen molar-refractivity contribution in [3.63, 3.8) is 0 Å². The first kappa shape index (κ1) is 14.8. The largest absolute Gasteiger partial charge is 0.490 e. The fourth-order valence-corrected chi connectivity index (χ4v) is 1.97. The number of nitrogen functional groups attached to an aromatic ring is 1. The molecule has 0 aliphatic carbocycles. The van der Waals surface area contributed by atoms with Crippen LogP contribution in [0.25, 0.3) is 0 Å². The zero-order valence-electron chi connectivity index (χ0n) is 11.0. The van der Waals surface area contributed by atoms with Crippen molar-refractivity contribution in [1.82, 2.24) is 0 Å². The number of nitrogens with two attached hydrogens (primary N) is 1. The van der Waals surface area contributed by atoms with Crippen LogP contribution in [-0.2, 0) is 0 Å². The Morgan fingerprint density at radius 2 is 1.75 bits per heavy atom. The number of aryl methyl sites for hydroxylation is 1. The van der Waals surface area contributed by atoms with Gasteiger partial charge in [-0.3, -0.25) is 0 Å². The number of hydrogen-bond acceptors (Lipinski definition) is 3. The second kappa shape index (κ2) is 6.73. The fourth-order valence-electron chi connectivity index (χ4n) is 1.67. The van der Waals surface area contributed by atoms with Crippen LogP contribution in [0.3, 0.4) is 0 Å². The molecule has 0 heterocycles. The average molecular weight is 312 g/mol. The summed E-state index contributed by atoms with van der Waals surface area (Å²) in [5.41, 5.74) is 7.28. The molecule has 0 unspecified atom stereocenters. The highest BCUT2D eigenvalue weighted by molar-refractivity contribution is 6.31. The Kier molecular flexibility index (Phi) is 4.99. The lowest BCUT2D eigenvalue weighted by Gasteiger charge is -2.11. The van der Waals surface area contributed by atoms with Gasteiger partial charge in [0.25, 0.3) is 0 Å². The second-order valence-electron chi connectivity index (χ2n) is 4.29. The van der Waals surface area contributed by atoms with Crippen LogP contribution in [0.15, 0.2) is 36.4 Å². The number of hydrogen-bond donors (Lipinski definition) is 1. The quantitative estimate of drug-likeness (QED) is 0.660. The molecule has 20 heavy (non-hydrogen) atoms. The molecular formula is C15H15Cl2NO2. The maximum absolute atomic E-state index is 5.95. The third kappa shape index (κ3) is 3.95. The maximum Gasteiger partial charge on any atom is 0.142 e. The lowest BCUT2D eigenvalue weighted by atomic mass is 10.2. The SMILES string of the molecule is Cc1cc(OCCOc2ccc(Cl)cc2N)ccc1Cl. The number of ether oxygens (including phenoxy) is 2. The number of rotatable bonds is 5. The Morgan fingerprint density at radius 3 is 2.45 bits per heavy atom. The Hall–Kier alpha value is -1.58. The minimum Gasteiger partial charge on any atom is -0.490 e. The van der Waals surface area contributed by atoms with E-state index in [2.05, 4.69) is 0 Å². The summed E-state index contributed by atoms with van der Waals surface area (Å²) in [5.74, 6) is 1.37. The van der Waals surface area contributed by atoms with Gasteiger partial charge in [0, 0.05) is 10.0 Å². The van der Waals surface area contributed by atoms with Crippen LogP contribution in [0.4, 0.5) is 5.69 Å². The molecule has 0 radical (unpaired) electrons. The molecule has 5 heteroatoms. The molecule has 0 bridgehead atoms. The van der Waals surface area contributed by atoms with Gasteiger partial charge in [0.2, 0.25) is 0 Å². The number of halogens is 2. The average Bonchev–Trinajstić information content (AvgIpc) is 2.40. The molecule has 0 saturated heterocycles. The zero-order chi connectivity index (χ0) is 14.5. The monoisotopic (exact) mass is 311 g/mol. The lowest BCUT2D eigenvalue weighted by molar-refractivity contribution is 0.218. The summed E-state index contributed by atoms with van der Waals surface area (Å²) in [6.45, 7) is 2.75. The van der Waals surface area contributed by atoms with Crippen LogP contribution >= 0.6 is 23.2 Å². The number of benzene rings is 2. The van der Waals surface area contributed by atoms with Crippen LogP contribution in [0.5, 0.6) is 11.5 Å². The van der Waals surface area contributed by atoms with Crippen molar-refractivity contribution in [3.05, 3.63) is 52.0 Å². The van der Waals surface area contributed by atoms with Crippen molar-refractivity contribution in [3.8, 4) is 11.5 Å². The van der Waals surface area contributed by atoms with E-state index in [1.165, 1.54) is 0 Å². The summed E-state index contributed by atoms with van der Waals surface area (Å²) >= 11 is 11.8. The normalized spacial score (nSPS) is 10.3. The molecule has 0 fully saturated rings. The Bertz CT molecular complexity index is 602. The summed E-state index contributed by atoms with van der Waals surface area (Å²) in [5, 5.41) is 1.31. The van der Waals surface area contributed by atoms with Gasteiger partial charge in [-0.25, -0.2) is 0 Å². The fraction of sp³-hybridized carbons (Fsp3) is 0.200. The molecule has 106 valence electrons. The van der Waals surface area contributed by atoms with Gasteiger partial charge in [0.1, 0.15) is 24.7 Å². The number of anilines is 1. The predicted molar refractivity (Wildman–Crippen MR) is 83.0 cm³/mol. The van der Waals surface area contributed by atoms with Gasteiger partial charge in [-0.05, 0) is 48.9 Å². The highest BCUT2D eigenvalue weighted by Crippen LogP contribution is 2.25. The first-order valence-corrected chi connectivity index (χ1v) is 6.88. The summed E-state index contributed by atoms with van der Waals surface area (Å²) in [6, 6.07) is 10.6. The van der Waals surface area contributed by atoms with E-state index in [1.54, 1.807) is 18.2 Å². The molecule has 0 amide bonds. The Balaban J connectivity index is 1.82. The van der Waals surface area contributed by atoms with E-state index in [0.29, 0.717) is 29.7 Å². The van der Waals surface area contributed by atoms with Crippen molar-refractivity contribution in [2.75, 3.05) is 18.9 Å². The minimum atomic E-state index is 0.396. The summed E-state index contributed by atoms with van der Waals surface area (Å²) < 4.78 is 11.1. The maximum atomic E-state index is 5.95. The van der Waals surface area contributed by atoms with E-state index in [4.69, 9.17) is 38.4 Å². The van der Waals surface area contributed by atoms with Crippen LogP contribution in [0.1, 0.15) is 5.56 Å². The van der Waals surface area contributed by atoms with Gasteiger partial charge in [0.05, 0.1) is 5.69 Å². The van der Waals surface area contributed by atoms with Crippen molar-refractivity contribution in [2.45, 2.75) is 6.92 Å². The predicted octanol–water partition coefficient (Wildman–Crippen LogP) is 4.34. The molecular weight excluding hydrogens is 297 g/mol. The molecule has 2 aromatic carbocycles. The molecule has 0 atom stereocenters. The van der Waals surface area contributed by atoms with Crippen molar-refractivity contribution in [1.29, 1.82) is 0 Å². The lowest BCUT2D eigenvalue weighted by Crippen LogP contribution is -2.10. The van der Waals surface area contributed by atoms with Crippen molar-refractivity contribution < 1.29 is 9.47 Å². The van der Waals surface area contributed by atoms with Gasteiger partial charge in [-0.15, -0.1) is 0 Å². The van der Waals surface area contributed by atoms with Gasteiger partial charge >= 0.3 is 0 Å².